The quantitative estimate of drug-likeness (QED) is 0.488. The number of rotatable bonds is 9. The van der Waals surface area contributed by atoms with Crippen LogP contribution in [0.3, 0.4) is 0 Å². The summed E-state index contributed by atoms with van der Waals surface area (Å²) in [7, 11) is -2.89. The first-order valence-electron chi connectivity index (χ1n) is 5.63. The van der Waals surface area contributed by atoms with Crippen LogP contribution in [0.5, 0.6) is 0 Å². The van der Waals surface area contributed by atoms with Crippen molar-refractivity contribution in [3.8, 4) is 0 Å². The Morgan fingerprint density at radius 3 is 2.53 bits per heavy atom. The van der Waals surface area contributed by atoms with Crippen molar-refractivity contribution in [2.75, 3.05) is 29.6 Å². The van der Waals surface area contributed by atoms with Gasteiger partial charge in [0.25, 0.3) is 0 Å². The summed E-state index contributed by atoms with van der Waals surface area (Å²) in [6.45, 7) is 3.69. The first-order chi connectivity index (χ1) is 7.93. The van der Waals surface area contributed by atoms with E-state index in [-0.39, 0.29) is 11.5 Å². The van der Waals surface area contributed by atoms with Crippen molar-refractivity contribution in [3.63, 3.8) is 0 Å². The fourth-order valence-corrected chi connectivity index (χ4v) is 3.41. The molecule has 7 heteroatoms. The Labute approximate surface area is 107 Å². The maximum atomic E-state index is 11.2. The monoisotopic (exact) mass is 283 g/mol. The lowest BCUT2D eigenvalue weighted by Gasteiger charge is -2.09. The largest absolute Gasteiger partial charge is 0.465 e. The van der Waals surface area contributed by atoms with Crippen LogP contribution in [0.15, 0.2) is 0 Å². The van der Waals surface area contributed by atoms with Crippen molar-refractivity contribution in [1.29, 1.82) is 0 Å². The van der Waals surface area contributed by atoms with Crippen LogP contribution in [0.2, 0.25) is 0 Å². The van der Waals surface area contributed by atoms with Gasteiger partial charge in [-0.1, -0.05) is 6.92 Å². The van der Waals surface area contributed by atoms with E-state index in [0.717, 1.165) is 0 Å². The number of hydrogen-bond donors (Lipinski definition) is 1. The average molecular weight is 283 g/mol. The van der Waals surface area contributed by atoms with Crippen molar-refractivity contribution in [3.05, 3.63) is 0 Å². The zero-order valence-electron chi connectivity index (χ0n) is 10.3. The lowest BCUT2D eigenvalue weighted by molar-refractivity contribution is -0.144. The van der Waals surface area contributed by atoms with E-state index in [1.54, 1.807) is 13.8 Å². The van der Waals surface area contributed by atoms with Crippen LogP contribution in [0.25, 0.3) is 0 Å². The van der Waals surface area contributed by atoms with Gasteiger partial charge in [-0.2, -0.15) is 11.8 Å². The third-order valence-electron chi connectivity index (χ3n) is 2.14. The Bertz CT molecular complexity index is 316. The number of carbonyl (C=O) groups is 1. The number of esters is 1. The molecule has 0 fully saturated rings. The predicted octanol–water partition coefficient (Wildman–Crippen LogP) is 0.435. The Morgan fingerprint density at radius 2 is 2.00 bits per heavy atom. The van der Waals surface area contributed by atoms with Gasteiger partial charge in [-0.25, -0.2) is 8.42 Å². The minimum Gasteiger partial charge on any atom is -0.465 e. The van der Waals surface area contributed by atoms with Crippen LogP contribution in [-0.4, -0.2) is 50.0 Å². The summed E-state index contributed by atoms with van der Waals surface area (Å²) in [6.07, 6.45) is 0.510. The van der Waals surface area contributed by atoms with E-state index in [1.807, 2.05) is 0 Å². The van der Waals surface area contributed by atoms with Gasteiger partial charge in [-0.3, -0.25) is 4.79 Å². The third kappa shape index (κ3) is 8.45. The molecular formula is C10H21NO4S2. The lowest BCUT2D eigenvalue weighted by Crippen LogP contribution is -2.32. The summed E-state index contributed by atoms with van der Waals surface area (Å²) in [5.41, 5.74) is 5.59. The number of nitrogens with two attached hydrogens (primary N) is 1. The van der Waals surface area contributed by atoms with E-state index in [4.69, 9.17) is 10.5 Å². The molecule has 102 valence electrons. The highest BCUT2D eigenvalue weighted by Crippen LogP contribution is 2.06. The molecule has 0 aliphatic heterocycles. The van der Waals surface area contributed by atoms with Gasteiger partial charge in [0.15, 0.2) is 9.84 Å². The molecule has 0 aromatic carbocycles. The van der Waals surface area contributed by atoms with Crippen molar-refractivity contribution in [2.45, 2.75) is 26.3 Å². The van der Waals surface area contributed by atoms with Crippen LogP contribution in [0.4, 0.5) is 0 Å². The molecule has 0 aliphatic carbocycles. The highest BCUT2D eigenvalue weighted by molar-refractivity contribution is 8.00. The number of hydrogen-bond acceptors (Lipinski definition) is 6. The molecule has 0 heterocycles. The first kappa shape index (κ1) is 16.7. The normalized spacial score (nSPS) is 13.4. The molecule has 2 N–H and O–H groups in total. The molecular weight excluding hydrogens is 262 g/mol. The van der Waals surface area contributed by atoms with Gasteiger partial charge in [0, 0.05) is 11.5 Å². The molecule has 0 saturated carbocycles. The number of ether oxygens (including phenoxy) is 1. The van der Waals surface area contributed by atoms with E-state index in [9.17, 15) is 13.2 Å². The molecule has 17 heavy (non-hydrogen) atoms. The molecule has 0 radical (unpaired) electrons. The van der Waals surface area contributed by atoms with Crippen molar-refractivity contribution >= 4 is 27.6 Å². The highest BCUT2D eigenvalue weighted by Gasteiger charge is 2.14. The minimum atomic E-state index is -2.89. The standard InChI is InChI=1S/C10H21NO4S2/c1-3-15-10(12)9(11)5-6-16-7-8-17(13,14)4-2/h9H,3-8,11H2,1-2H3. The molecule has 0 spiro atoms. The van der Waals surface area contributed by atoms with Crippen molar-refractivity contribution in [2.24, 2.45) is 5.73 Å². The summed E-state index contributed by atoms with van der Waals surface area (Å²) < 4.78 is 27.1. The van der Waals surface area contributed by atoms with Gasteiger partial charge >= 0.3 is 5.97 Å². The predicted molar refractivity (Wildman–Crippen MR) is 70.9 cm³/mol. The fourth-order valence-electron chi connectivity index (χ4n) is 1.01. The van der Waals surface area contributed by atoms with Gasteiger partial charge in [0.1, 0.15) is 6.04 Å². The van der Waals surface area contributed by atoms with Gasteiger partial charge in [-0.15, -0.1) is 0 Å². The SMILES string of the molecule is CCOC(=O)C(N)CCSCCS(=O)(=O)CC. The molecule has 5 nitrogen and oxygen atoms in total. The molecule has 0 amide bonds. The summed E-state index contributed by atoms with van der Waals surface area (Å²) in [5, 5.41) is 0. The van der Waals surface area contributed by atoms with Crippen LogP contribution < -0.4 is 5.73 Å². The number of carbonyl (C=O) groups excluding carboxylic acids is 1. The second kappa shape index (κ2) is 8.77. The summed E-state index contributed by atoms with van der Waals surface area (Å²) in [6, 6.07) is -0.606. The molecule has 0 rings (SSSR count). The van der Waals surface area contributed by atoms with Crippen LogP contribution >= 0.6 is 11.8 Å². The second-order valence-corrected chi connectivity index (χ2v) is 7.19. The summed E-state index contributed by atoms with van der Waals surface area (Å²) >= 11 is 1.49. The zero-order chi connectivity index (χ0) is 13.3. The summed E-state index contributed by atoms with van der Waals surface area (Å²) in [5.74, 6) is 1.18. The van der Waals surface area contributed by atoms with E-state index >= 15 is 0 Å². The highest BCUT2D eigenvalue weighted by atomic mass is 32.2. The molecule has 1 unspecified atom stereocenters. The molecule has 0 saturated heterocycles. The van der Waals surface area contributed by atoms with E-state index in [0.29, 0.717) is 24.5 Å². The topological polar surface area (TPSA) is 86.5 Å². The Hall–Kier alpha value is -0.270. The maximum Gasteiger partial charge on any atom is 0.322 e. The minimum absolute atomic E-state index is 0.176. The van der Waals surface area contributed by atoms with E-state index in [1.165, 1.54) is 11.8 Å². The van der Waals surface area contributed by atoms with E-state index in [2.05, 4.69) is 0 Å². The first-order valence-corrected chi connectivity index (χ1v) is 8.61. The Kier molecular flexibility index (Phi) is 8.63. The van der Waals surface area contributed by atoms with Crippen LogP contribution in [0.1, 0.15) is 20.3 Å². The third-order valence-corrected chi connectivity index (χ3v) is 5.12. The number of sulfone groups is 1. The molecule has 0 aromatic heterocycles. The second-order valence-electron chi connectivity index (χ2n) is 3.50. The smallest absolute Gasteiger partial charge is 0.322 e. The lowest BCUT2D eigenvalue weighted by atomic mass is 10.2. The number of thioether (sulfide) groups is 1. The van der Waals surface area contributed by atoms with Crippen molar-refractivity contribution in [1.82, 2.24) is 0 Å². The van der Waals surface area contributed by atoms with Gasteiger partial charge in [-0.05, 0) is 19.1 Å². The van der Waals surface area contributed by atoms with Gasteiger partial charge in [0.05, 0.1) is 12.4 Å². The van der Waals surface area contributed by atoms with Crippen LogP contribution in [0, 0.1) is 0 Å². The molecule has 1 atom stereocenters. The fraction of sp³-hybridized carbons (Fsp3) is 0.900. The Morgan fingerprint density at radius 1 is 1.35 bits per heavy atom. The molecule has 0 aliphatic rings. The van der Waals surface area contributed by atoms with Crippen molar-refractivity contribution < 1.29 is 17.9 Å². The summed E-state index contributed by atoms with van der Waals surface area (Å²) in [4.78, 5) is 11.2. The molecule has 0 bridgehead atoms. The van der Waals surface area contributed by atoms with Crippen LogP contribution in [-0.2, 0) is 19.4 Å². The van der Waals surface area contributed by atoms with Gasteiger partial charge in [0.2, 0.25) is 0 Å². The van der Waals surface area contributed by atoms with Gasteiger partial charge < -0.3 is 10.5 Å². The molecule has 0 aromatic rings. The van der Waals surface area contributed by atoms with E-state index < -0.39 is 21.8 Å². The maximum absolute atomic E-state index is 11.2. The zero-order valence-corrected chi connectivity index (χ0v) is 12.0. The average Bonchev–Trinajstić information content (AvgIpc) is 2.28. The Balaban J connectivity index is 3.62.